The first kappa shape index (κ1) is 30.3. The van der Waals surface area contributed by atoms with Gasteiger partial charge in [-0.3, -0.25) is 0 Å². The summed E-state index contributed by atoms with van der Waals surface area (Å²) in [7, 11) is 0. The van der Waals surface area contributed by atoms with Gasteiger partial charge in [0.15, 0.2) is 0 Å². The Kier molecular flexibility index (Phi) is 13.0. The van der Waals surface area contributed by atoms with Gasteiger partial charge in [0.2, 0.25) is 0 Å². The Hall–Kier alpha value is -2.69. The molecule has 0 aliphatic carbocycles. The maximum absolute atomic E-state index is 12.7. The van der Waals surface area contributed by atoms with Crippen LogP contribution >= 0.6 is 0 Å². The van der Waals surface area contributed by atoms with Gasteiger partial charge in [-0.05, 0) is 50.9 Å². The lowest BCUT2D eigenvalue weighted by molar-refractivity contribution is -0.0655. The van der Waals surface area contributed by atoms with Gasteiger partial charge >= 0.3 is 5.97 Å². The van der Waals surface area contributed by atoms with Crippen LogP contribution in [0, 0.1) is 0 Å². The van der Waals surface area contributed by atoms with Crippen molar-refractivity contribution in [3.05, 3.63) is 60.2 Å². The van der Waals surface area contributed by atoms with Gasteiger partial charge in [0, 0.05) is 6.61 Å². The van der Waals surface area contributed by atoms with Gasteiger partial charge in [0.1, 0.15) is 13.4 Å². The first-order chi connectivity index (χ1) is 19.8. The van der Waals surface area contributed by atoms with Crippen molar-refractivity contribution in [2.45, 2.75) is 96.8 Å². The predicted molar refractivity (Wildman–Crippen MR) is 168 cm³/mol. The molecule has 4 aromatic carbocycles. The van der Waals surface area contributed by atoms with Crippen LogP contribution in [0.1, 0.15) is 107 Å². The van der Waals surface area contributed by atoms with Gasteiger partial charge in [-0.2, -0.15) is 0 Å². The second-order valence-electron chi connectivity index (χ2n) is 11.2. The summed E-state index contributed by atoms with van der Waals surface area (Å²) < 4.78 is 16.5. The first-order valence-electron chi connectivity index (χ1n) is 15.8. The van der Waals surface area contributed by atoms with E-state index in [0.717, 1.165) is 23.8 Å². The second-order valence-corrected chi connectivity index (χ2v) is 11.2. The number of hydrogen-bond acceptors (Lipinski definition) is 4. The highest BCUT2D eigenvalue weighted by molar-refractivity contribution is 6.23. The predicted octanol–water partition coefficient (Wildman–Crippen LogP) is 10.2. The molecule has 0 aliphatic heterocycles. The van der Waals surface area contributed by atoms with Crippen LogP contribution in [0.3, 0.4) is 0 Å². The van der Waals surface area contributed by atoms with Crippen LogP contribution in [0.15, 0.2) is 54.6 Å². The number of unbranched alkanes of at least 4 members (excludes halogenated alkanes) is 13. The van der Waals surface area contributed by atoms with E-state index in [-0.39, 0.29) is 19.4 Å². The van der Waals surface area contributed by atoms with Crippen LogP contribution in [0.4, 0.5) is 0 Å². The SMILES string of the molecule is CCCCCCCCCCCCCCCCOCOCCOC(=O)c1cc2ccc3cccc4ccc(c1)c2c34. The summed E-state index contributed by atoms with van der Waals surface area (Å²) >= 11 is 0. The fraction of sp³-hybridized carbons (Fsp3) is 0.528. The number of rotatable bonds is 21. The molecule has 0 saturated heterocycles. The van der Waals surface area contributed by atoms with E-state index < -0.39 is 0 Å². The second kappa shape index (κ2) is 17.2. The molecule has 0 heterocycles. The number of ether oxygens (including phenoxy) is 3. The summed E-state index contributed by atoms with van der Waals surface area (Å²) in [6, 6.07) is 18.6. The molecule has 0 saturated carbocycles. The summed E-state index contributed by atoms with van der Waals surface area (Å²) in [5.74, 6) is -0.322. The highest BCUT2D eigenvalue weighted by atomic mass is 16.7. The summed E-state index contributed by atoms with van der Waals surface area (Å²) in [5, 5.41) is 7.00. The van der Waals surface area contributed by atoms with Crippen LogP contribution in [-0.4, -0.2) is 32.6 Å². The van der Waals surface area contributed by atoms with Gasteiger partial charge in [0.05, 0.1) is 12.2 Å². The topological polar surface area (TPSA) is 44.8 Å². The molecule has 216 valence electrons. The van der Waals surface area contributed by atoms with Crippen molar-refractivity contribution in [2.24, 2.45) is 0 Å². The molecule has 4 heteroatoms. The quantitative estimate of drug-likeness (QED) is 0.0453. The van der Waals surface area contributed by atoms with E-state index in [1.807, 2.05) is 12.1 Å². The normalized spacial score (nSPS) is 11.7. The molecular weight excluding hydrogens is 496 g/mol. The molecule has 40 heavy (non-hydrogen) atoms. The average Bonchev–Trinajstić information content (AvgIpc) is 2.98. The van der Waals surface area contributed by atoms with Gasteiger partial charge in [0.25, 0.3) is 0 Å². The standard InChI is InChI=1S/C36H48O4/c1-2-3-4-5-6-7-8-9-10-11-12-13-14-15-23-38-28-39-24-25-40-36(37)33-26-31-21-19-29-17-16-18-30-20-22-32(27-33)35(31)34(29)30/h16-22,26-27H,2-15,23-25,28H2,1H3. The third kappa shape index (κ3) is 9.17. The van der Waals surface area contributed by atoms with Crippen LogP contribution in [0.25, 0.3) is 32.3 Å². The molecule has 0 aromatic heterocycles. The average molecular weight is 545 g/mol. The zero-order valence-electron chi connectivity index (χ0n) is 24.6. The number of esters is 1. The van der Waals surface area contributed by atoms with Crippen LogP contribution in [0.2, 0.25) is 0 Å². The third-order valence-electron chi connectivity index (χ3n) is 7.97. The fourth-order valence-electron chi connectivity index (χ4n) is 5.72. The Morgan fingerprint density at radius 1 is 0.550 bits per heavy atom. The summed E-state index contributed by atoms with van der Waals surface area (Å²) in [6.45, 7) is 3.80. The Balaban J connectivity index is 0.998. The minimum absolute atomic E-state index is 0.214. The van der Waals surface area contributed by atoms with E-state index >= 15 is 0 Å². The Labute approximate surface area is 240 Å². The molecule has 0 atom stereocenters. The molecule has 0 radical (unpaired) electrons. The largest absolute Gasteiger partial charge is 0.460 e. The summed E-state index contributed by atoms with van der Waals surface area (Å²) in [6.07, 6.45) is 18.9. The lowest BCUT2D eigenvalue weighted by Gasteiger charge is -2.12. The van der Waals surface area contributed by atoms with Gasteiger partial charge in [-0.1, -0.05) is 133 Å². The smallest absolute Gasteiger partial charge is 0.338 e. The van der Waals surface area contributed by atoms with E-state index in [1.54, 1.807) is 0 Å². The molecule has 0 bridgehead atoms. The van der Waals surface area contributed by atoms with Crippen molar-refractivity contribution in [1.29, 1.82) is 0 Å². The third-order valence-corrected chi connectivity index (χ3v) is 7.97. The number of carbonyl (C=O) groups is 1. The zero-order chi connectivity index (χ0) is 27.8. The monoisotopic (exact) mass is 544 g/mol. The van der Waals surface area contributed by atoms with Crippen LogP contribution in [-0.2, 0) is 14.2 Å². The maximum atomic E-state index is 12.7. The molecule has 0 unspecified atom stereocenters. The lowest BCUT2D eigenvalue weighted by atomic mass is 9.93. The zero-order valence-corrected chi connectivity index (χ0v) is 24.6. The Morgan fingerprint density at radius 2 is 1.02 bits per heavy atom. The van der Waals surface area contributed by atoms with E-state index in [0.29, 0.717) is 12.2 Å². The van der Waals surface area contributed by atoms with E-state index in [9.17, 15) is 4.79 Å². The molecule has 0 aliphatic rings. The fourth-order valence-corrected chi connectivity index (χ4v) is 5.72. The maximum Gasteiger partial charge on any atom is 0.338 e. The molecule has 0 amide bonds. The molecule has 0 N–H and O–H groups in total. The van der Waals surface area contributed by atoms with Crippen molar-refractivity contribution in [1.82, 2.24) is 0 Å². The molecule has 0 spiro atoms. The van der Waals surface area contributed by atoms with E-state index in [4.69, 9.17) is 14.2 Å². The summed E-state index contributed by atoms with van der Waals surface area (Å²) in [5.41, 5.74) is 0.569. The highest BCUT2D eigenvalue weighted by Gasteiger charge is 2.13. The van der Waals surface area contributed by atoms with Crippen molar-refractivity contribution >= 4 is 38.3 Å². The molecular formula is C36H48O4. The van der Waals surface area contributed by atoms with Gasteiger partial charge < -0.3 is 14.2 Å². The van der Waals surface area contributed by atoms with Gasteiger partial charge in [-0.15, -0.1) is 0 Å². The Morgan fingerprint density at radius 3 is 1.60 bits per heavy atom. The van der Waals surface area contributed by atoms with E-state index in [2.05, 4.69) is 49.4 Å². The van der Waals surface area contributed by atoms with Crippen molar-refractivity contribution < 1.29 is 19.0 Å². The molecule has 4 aromatic rings. The highest BCUT2D eigenvalue weighted by Crippen LogP contribution is 2.35. The first-order valence-corrected chi connectivity index (χ1v) is 15.8. The number of benzene rings is 4. The summed E-state index contributed by atoms with van der Waals surface area (Å²) in [4.78, 5) is 12.7. The minimum Gasteiger partial charge on any atom is -0.460 e. The number of hydrogen-bond donors (Lipinski definition) is 0. The van der Waals surface area contributed by atoms with Gasteiger partial charge in [-0.25, -0.2) is 4.79 Å². The van der Waals surface area contributed by atoms with Crippen molar-refractivity contribution in [3.8, 4) is 0 Å². The van der Waals surface area contributed by atoms with Crippen LogP contribution in [0.5, 0.6) is 0 Å². The Bertz CT molecular complexity index is 1220. The van der Waals surface area contributed by atoms with Crippen molar-refractivity contribution in [3.63, 3.8) is 0 Å². The van der Waals surface area contributed by atoms with E-state index in [1.165, 1.54) is 105 Å². The van der Waals surface area contributed by atoms with Crippen LogP contribution < -0.4 is 0 Å². The molecule has 0 fully saturated rings. The molecule has 4 rings (SSSR count). The minimum atomic E-state index is -0.322. The van der Waals surface area contributed by atoms with Crippen molar-refractivity contribution in [2.75, 3.05) is 26.6 Å². The lowest BCUT2D eigenvalue weighted by Crippen LogP contribution is -2.12. The molecule has 4 nitrogen and oxygen atoms in total. The number of carbonyl (C=O) groups excluding carboxylic acids is 1.